The lowest BCUT2D eigenvalue weighted by atomic mass is 10.3. The zero-order valence-electron chi connectivity index (χ0n) is 11.3. The van der Waals surface area contributed by atoms with E-state index in [0.717, 1.165) is 0 Å². The number of hydrogen-bond acceptors (Lipinski definition) is 7. The predicted octanol–water partition coefficient (Wildman–Crippen LogP) is 0.306. The smallest absolute Gasteiger partial charge is 0.419 e. The number of aldehydes is 1. The van der Waals surface area contributed by atoms with Crippen LogP contribution in [0.25, 0.3) is 0 Å². The molecule has 0 fully saturated rings. The molecule has 0 heterocycles. The minimum Gasteiger partial charge on any atom is -0.449 e. The van der Waals surface area contributed by atoms with Gasteiger partial charge in [0.05, 0.1) is 19.8 Å². The van der Waals surface area contributed by atoms with Crippen molar-refractivity contribution < 1.29 is 34.1 Å². The first-order chi connectivity index (χ1) is 9.67. The molecule has 8 heteroatoms. The summed E-state index contributed by atoms with van der Waals surface area (Å²) in [7, 11) is 0. The van der Waals surface area contributed by atoms with Gasteiger partial charge in [0.15, 0.2) is 0 Å². The maximum atomic E-state index is 11.6. The molecule has 0 saturated carbocycles. The number of carbonyl (C=O) groups excluding carboxylic acids is 3. The van der Waals surface area contributed by atoms with Gasteiger partial charge in [-0.05, 0) is 25.7 Å². The number of unbranched alkanes of at least 4 members (excludes halogenated alkanes) is 2. The second-order valence-electron chi connectivity index (χ2n) is 3.87. The van der Waals surface area contributed by atoms with Crippen LogP contribution in [0.1, 0.15) is 25.7 Å². The molecule has 0 saturated heterocycles. The summed E-state index contributed by atoms with van der Waals surface area (Å²) in [6.07, 6.45) is 0.360. The highest BCUT2D eigenvalue weighted by atomic mass is 16.6. The van der Waals surface area contributed by atoms with Crippen molar-refractivity contribution in [1.29, 1.82) is 0 Å². The van der Waals surface area contributed by atoms with E-state index in [1.165, 1.54) is 0 Å². The lowest BCUT2D eigenvalue weighted by Crippen LogP contribution is -2.39. The van der Waals surface area contributed by atoms with Crippen LogP contribution in [0, 0.1) is 0 Å². The van der Waals surface area contributed by atoms with Gasteiger partial charge in [-0.3, -0.25) is 0 Å². The number of ether oxygens (including phenoxy) is 2. The lowest BCUT2D eigenvalue weighted by molar-refractivity contribution is -0.108. The molecule has 0 spiro atoms. The van der Waals surface area contributed by atoms with Gasteiger partial charge >= 0.3 is 12.2 Å². The van der Waals surface area contributed by atoms with E-state index in [1.807, 2.05) is 0 Å². The van der Waals surface area contributed by atoms with Gasteiger partial charge in [-0.25, -0.2) is 14.5 Å². The number of nitrogens with zero attached hydrogens (tertiary/aromatic N) is 1. The van der Waals surface area contributed by atoms with Crippen molar-refractivity contribution in [3.63, 3.8) is 0 Å². The third-order valence-corrected chi connectivity index (χ3v) is 2.25. The number of aliphatic hydroxyl groups is 2. The third-order valence-electron chi connectivity index (χ3n) is 2.25. The normalized spacial score (nSPS) is 9.90. The van der Waals surface area contributed by atoms with E-state index in [9.17, 15) is 14.4 Å². The fourth-order valence-corrected chi connectivity index (χ4v) is 1.20. The van der Waals surface area contributed by atoms with E-state index in [2.05, 4.69) is 0 Å². The van der Waals surface area contributed by atoms with Crippen LogP contribution in [0.3, 0.4) is 0 Å². The number of carbonyl (C=O) groups is 3. The van der Waals surface area contributed by atoms with Crippen LogP contribution >= 0.6 is 0 Å². The average molecular weight is 291 g/mol. The molecule has 0 aromatic carbocycles. The Kier molecular flexibility index (Phi) is 11.3. The minimum absolute atomic E-state index is 0.0114. The van der Waals surface area contributed by atoms with Crippen molar-refractivity contribution in [2.45, 2.75) is 25.7 Å². The van der Waals surface area contributed by atoms with Gasteiger partial charge in [0.25, 0.3) is 0 Å². The van der Waals surface area contributed by atoms with Crippen molar-refractivity contribution in [1.82, 2.24) is 4.90 Å². The summed E-state index contributed by atoms with van der Waals surface area (Å²) in [5.41, 5.74) is 0. The van der Waals surface area contributed by atoms with Crippen LogP contribution in [0.15, 0.2) is 0 Å². The van der Waals surface area contributed by atoms with Gasteiger partial charge in [0, 0.05) is 13.2 Å². The van der Waals surface area contributed by atoms with E-state index in [1.54, 1.807) is 0 Å². The Morgan fingerprint density at radius 3 is 1.70 bits per heavy atom. The molecule has 0 rings (SSSR count). The van der Waals surface area contributed by atoms with E-state index in [0.29, 0.717) is 36.9 Å². The molecule has 0 aromatic rings. The number of amides is 2. The Balaban J connectivity index is 4.13. The predicted molar refractivity (Wildman–Crippen MR) is 68.1 cm³/mol. The molecule has 0 bridgehead atoms. The molecule has 20 heavy (non-hydrogen) atoms. The van der Waals surface area contributed by atoms with Crippen LogP contribution in [0.2, 0.25) is 0 Å². The van der Waals surface area contributed by atoms with E-state index in [-0.39, 0.29) is 26.4 Å². The maximum absolute atomic E-state index is 11.6. The first kappa shape index (κ1) is 18.3. The topological polar surface area (TPSA) is 113 Å². The summed E-state index contributed by atoms with van der Waals surface area (Å²) in [4.78, 5) is 34.2. The largest absolute Gasteiger partial charge is 0.449 e. The highest BCUT2D eigenvalue weighted by Gasteiger charge is 2.23. The Hall–Kier alpha value is -1.67. The fourth-order valence-electron chi connectivity index (χ4n) is 1.20. The Morgan fingerprint density at radius 2 is 1.35 bits per heavy atom. The van der Waals surface area contributed by atoms with Gasteiger partial charge in [-0.1, -0.05) is 0 Å². The molecule has 2 amide bonds. The summed E-state index contributed by atoms with van der Waals surface area (Å²) >= 11 is 0. The number of imide groups is 1. The molecule has 116 valence electrons. The van der Waals surface area contributed by atoms with Crippen LogP contribution in [0.5, 0.6) is 0 Å². The first-order valence-electron chi connectivity index (χ1n) is 6.43. The molecule has 0 aliphatic heterocycles. The van der Waals surface area contributed by atoms with Crippen molar-refractivity contribution in [3.8, 4) is 0 Å². The highest BCUT2D eigenvalue weighted by molar-refractivity contribution is 5.89. The van der Waals surface area contributed by atoms with E-state index in [4.69, 9.17) is 19.7 Å². The summed E-state index contributed by atoms with van der Waals surface area (Å²) in [5.74, 6) is 0. The van der Waals surface area contributed by atoms with Gasteiger partial charge in [-0.15, -0.1) is 0 Å². The standard InChI is InChI=1S/C12H21NO7/c14-6-1-3-9-19-11(17)13(5-8-16)12(18)20-10-4-2-7-15/h8,14-15H,1-7,9-10H2. The van der Waals surface area contributed by atoms with Crippen LogP contribution in [-0.2, 0) is 14.3 Å². The zero-order valence-corrected chi connectivity index (χ0v) is 11.3. The SMILES string of the molecule is O=CCN(C(=O)OCCCCO)C(=O)OCCCCO. The number of aliphatic hydroxyl groups excluding tert-OH is 2. The Bertz CT molecular complexity index is 272. The summed E-state index contributed by atoms with van der Waals surface area (Å²) in [5, 5.41) is 17.1. The van der Waals surface area contributed by atoms with Crippen molar-refractivity contribution >= 4 is 18.5 Å². The van der Waals surface area contributed by atoms with Crippen LogP contribution < -0.4 is 0 Å². The molecule has 2 N–H and O–H groups in total. The minimum atomic E-state index is -0.956. The highest BCUT2D eigenvalue weighted by Crippen LogP contribution is 2.01. The molecule has 0 aromatic heterocycles. The van der Waals surface area contributed by atoms with E-state index < -0.39 is 18.7 Å². The van der Waals surface area contributed by atoms with Gasteiger partial charge < -0.3 is 24.5 Å². The number of hydrogen-bond donors (Lipinski definition) is 2. The third kappa shape index (κ3) is 8.44. The average Bonchev–Trinajstić information content (AvgIpc) is 2.45. The van der Waals surface area contributed by atoms with Gasteiger partial charge in [-0.2, -0.15) is 0 Å². The van der Waals surface area contributed by atoms with Crippen molar-refractivity contribution in [3.05, 3.63) is 0 Å². The Morgan fingerprint density at radius 1 is 0.900 bits per heavy atom. The second-order valence-corrected chi connectivity index (χ2v) is 3.87. The zero-order chi connectivity index (χ0) is 15.2. The second kappa shape index (κ2) is 12.4. The van der Waals surface area contributed by atoms with Crippen LogP contribution in [0.4, 0.5) is 9.59 Å². The van der Waals surface area contributed by atoms with Gasteiger partial charge in [0.2, 0.25) is 0 Å². The Labute approximate surface area is 117 Å². The first-order valence-corrected chi connectivity index (χ1v) is 6.43. The van der Waals surface area contributed by atoms with Crippen molar-refractivity contribution in [2.24, 2.45) is 0 Å². The van der Waals surface area contributed by atoms with E-state index >= 15 is 0 Å². The van der Waals surface area contributed by atoms with Crippen molar-refractivity contribution in [2.75, 3.05) is 33.0 Å². The maximum Gasteiger partial charge on any atom is 0.419 e. The monoisotopic (exact) mass is 291 g/mol. The molecule has 0 atom stereocenters. The molecular formula is C12H21NO7. The quantitative estimate of drug-likeness (QED) is 0.439. The summed E-state index contributed by atoms with van der Waals surface area (Å²) in [6, 6.07) is 0. The molecule has 8 nitrogen and oxygen atoms in total. The molecular weight excluding hydrogens is 270 g/mol. The fraction of sp³-hybridized carbons (Fsp3) is 0.750. The molecule has 0 aliphatic carbocycles. The molecule has 0 unspecified atom stereocenters. The summed E-state index contributed by atoms with van der Waals surface area (Å²) in [6.45, 7) is -0.373. The molecule has 0 aliphatic rings. The van der Waals surface area contributed by atoms with Gasteiger partial charge in [0.1, 0.15) is 6.29 Å². The summed E-state index contributed by atoms with van der Waals surface area (Å²) < 4.78 is 9.57. The van der Waals surface area contributed by atoms with Crippen LogP contribution in [-0.4, -0.2) is 66.6 Å². The molecule has 0 radical (unpaired) electrons. The number of rotatable bonds is 10. The lowest BCUT2D eigenvalue weighted by Gasteiger charge is -2.17.